The Bertz CT molecular complexity index is 536. The second-order valence-electron chi connectivity index (χ2n) is 5.23. The highest BCUT2D eigenvalue weighted by Gasteiger charge is 2.21. The Balaban J connectivity index is 2.09. The van der Waals surface area contributed by atoms with Gasteiger partial charge in [-0.15, -0.1) is 0 Å². The Hall–Kier alpha value is -2.18. The number of hydrogen-bond acceptors (Lipinski definition) is 5. The summed E-state index contributed by atoms with van der Waals surface area (Å²) >= 11 is 0. The van der Waals surface area contributed by atoms with Gasteiger partial charge in [0.25, 0.3) is 5.91 Å². The van der Waals surface area contributed by atoms with Crippen LogP contribution >= 0.6 is 0 Å². The van der Waals surface area contributed by atoms with E-state index in [0.29, 0.717) is 31.9 Å². The van der Waals surface area contributed by atoms with Crippen molar-refractivity contribution in [2.24, 2.45) is 0 Å². The van der Waals surface area contributed by atoms with Crippen molar-refractivity contribution in [2.75, 3.05) is 44.2 Å². The summed E-state index contributed by atoms with van der Waals surface area (Å²) in [4.78, 5) is 37.7. The molecule has 0 N–H and O–H groups in total. The molecule has 0 atom stereocenters. The number of amides is 2. The zero-order valence-electron chi connectivity index (χ0n) is 13.4. The molecule has 0 saturated carbocycles. The van der Waals surface area contributed by atoms with Crippen LogP contribution in [0.1, 0.15) is 31.3 Å². The molecule has 0 aromatic carbocycles. The molecule has 1 aliphatic heterocycles. The number of aromatic nitrogens is 2. The van der Waals surface area contributed by atoms with Crippen LogP contribution in [0.15, 0.2) is 12.4 Å². The maximum atomic E-state index is 12.3. The van der Waals surface area contributed by atoms with Crippen molar-refractivity contribution in [1.82, 2.24) is 19.8 Å². The maximum absolute atomic E-state index is 12.3. The monoisotopic (exact) mass is 305 g/mol. The van der Waals surface area contributed by atoms with E-state index in [0.717, 1.165) is 18.9 Å². The number of nitrogens with zero attached hydrogens (tertiary/aromatic N) is 5. The molecule has 2 heterocycles. The third-order valence-corrected chi connectivity index (χ3v) is 3.97. The van der Waals surface area contributed by atoms with Crippen LogP contribution in [0.5, 0.6) is 0 Å². The Morgan fingerprint density at radius 1 is 1.14 bits per heavy atom. The lowest BCUT2D eigenvalue weighted by molar-refractivity contribution is -0.129. The van der Waals surface area contributed by atoms with Gasteiger partial charge in [0, 0.05) is 52.3 Å². The molecule has 1 aromatic heterocycles. The fourth-order valence-corrected chi connectivity index (χ4v) is 2.56. The van der Waals surface area contributed by atoms with Gasteiger partial charge in [-0.25, -0.2) is 9.97 Å². The van der Waals surface area contributed by atoms with Crippen LogP contribution in [0.2, 0.25) is 0 Å². The van der Waals surface area contributed by atoms with Gasteiger partial charge in [-0.1, -0.05) is 0 Å². The van der Waals surface area contributed by atoms with E-state index in [9.17, 15) is 9.59 Å². The van der Waals surface area contributed by atoms with Gasteiger partial charge in [0.1, 0.15) is 17.8 Å². The lowest BCUT2D eigenvalue weighted by Crippen LogP contribution is -2.48. The van der Waals surface area contributed by atoms with Gasteiger partial charge in [-0.05, 0) is 13.8 Å². The van der Waals surface area contributed by atoms with E-state index < -0.39 is 0 Å². The van der Waals surface area contributed by atoms with Crippen LogP contribution in [0.4, 0.5) is 5.82 Å². The summed E-state index contributed by atoms with van der Waals surface area (Å²) in [6.07, 6.45) is 1.43. The quantitative estimate of drug-likeness (QED) is 0.816. The van der Waals surface area contributed by atoms with Crippen molar-refractivity contribution in [3.05, 3.63) is 18.1 Å². The average molecular weight is 305 g/mol. The Kier molecular flexibility index (Phi) is 5.30. The zero-order chi connectivity index (χ0) is 16.1. The first kappa shape index (κ1) is 16.2. The van der Waals surface area contributed by atoms with Gasteiger partial charge >= 0.3 is 0 Å². The molecule has 120 valence electrons. The highest BCUT2D eigenvalue weighted by atomic mass is 16.2. The molecule has 1 fully saturated rings. The van der Waals surface area contributed by atoms with Gasteiger partial charge in [0.05, 0.1) is 0 Å². The minimum absolute atomic E-state index is 0.0731. The van der Waals surface area contributed by atoms with Gasteiger partial charge in [0.15, 0.2) is 0 Å². The van der Waals surface area contributed by atoms with Crippen LogP contribution in [0, 0.1) is 0 Å². The zero-order valence-corrected chi connectivity index (χ0v) is 13.4. The van der Waals surface area contributed by atoms with E-state index >= 15 is 0 Å². The average Bonchev–Trinajstić information content (AvgIpc) is 2.56. The highest BCUT2D eigenvalue weighted by molar-refractivity contribution is 5.92. The molecular weight excluding hydrogens is 282 g/mol. The number of carbonyl (C=O) groups excluding carboxylic acids is 2. The van der Waals surface area contributed by atoms with Crippen LogP contribution < -0.4 is 4.90 Å². The van der Waals surface area contributed by atoms with Crippen LogP contribution in [0.25, 0.3) is 0 Å². The van der Waals surface area contributed by atoms with Crippen molar-refractivity contribution < 1.29 is 9.59 Å². The molecule has 7 nitrogen and oxygen atoms in total. The molecule has 1 aromatic rings. The SMILES string of the molecule is CCN(CC)C(=O)c1cc(N2CCN(C(C)=O)CC2)ncn1. The molecule has 0 aliphatic carbocycles. The molecule has 0 bridgehead atoms. The van der Waals surface area contributed by atoms with E-state index in [1.54, 1.807) is 17.9 Å². The summed E-state index contributed by atoms with van der Waals surface area (Å²) < 4.78 is 0. The van der Waals surface area contributed by atoms with Gasteiger partial charge < -0.3 is 14.7 Å². The summed E-state index contributed by atoms with van der Waals surface area (Å²) in [7, 11) is 0. The molecular formula is C15H23N5O2. The summed E-state index contributed by atoms with van der Waals surface area (Å²) in [6.45, 7) is 9.59. The van der Waals surface area contributed by atoms with Crippen molar-refractivity contribution in [2.45, 2.75) is 20.8 Å². The molecule has 1 aliphatic rings. The highest BCUT2D eigenvalue weighted by Crippen LogP contribution is 2.15. The van der Waals surface area contributed by atoms with Crippen LogP contribution in [0.3, 0.4) is 0 Å². The van der Waals surface area contributed by atoms with Crippen LogP contribution in [-0.2, 0) is 4.79 Å². The largest absolute Gasteiger partial charge is 0.353 e. The van der Waals surface area contributed by atoms with Gasteiger partial charge in [-0.3, -0.25) is 9.59 Å². The molecule has 0 unspecified atom stereocenters. The number of hydrogen-bond donors (Lipinski definition) is 0. The second kappa shape index (κ2) is 7.20. The number of piperazine rings is 1. The van der Waals surface area contributed by atoms with E-state index in [2.05, 4.69) is 14.9 Å². The number of anilines is 1. The van der Waals surface area contributed by atoms with Crippen LogP contribution in [-0.4, -0.2) is 70.9 Å². The van der Waals surface area contributed by atoms with Crippen molar-refractivity contribution in [3.63, 3.8) is 0 Å². The van der Waals surface area contributed by atoms with Crippen molar-refractivity contribution >= 4 is 17.6 Å². The Morgan fingerprint density at radius 3 is 2.32 bits per heavy atom. The predicted octanol–water partition coefficient (Wildman–Crippen LogP) is 0.627. The Labute approximate surface area is 130 Å². The molecule has 0 spiro atoms. The summed E-state index contributed by atoms with van der Waals surface area (Å²) in [6, 6.07) is 1.74. The van der Waals surface area contributed by atoms with Gasteiger partial charge in [-0.2, -0.15) is 0 Å². The normalized spacial score (nSPS) is 14.9. The maximum Gasteiger partial charge on any atom is 0.272 e. The lowest BCUT2D eigenvalue weighted by atomic mass is 10.2. The Morgan fingerprint density at radius 2 is 1.77 bits per heavy atom. The second-order valence-corrected chi connectivity index (χ2v) is 5.23. The topological polar surface area (TPSA) is 69.6 Å². The number of rotatable bonds is 4. The first-order chi connectivity index (χ1) is 10.6. The molecule has 2 amide bonds. The first-order valence-electron chi connectivity index (χ1n) is 7.68. The van der Waals surface area contributed by atoms with Crippen molar-refractivity contribution in [3.8, 4) is 0 Å². The lowest BCUT2D eigenvalue weighted by Gasteiger charge is -2.34. The molecule has 7 heteroatoms. The predicted molar refractivity (Wildman–Crippen MR) is 83.8 cm³/mol. The standard InChI is InChI=1S/C15H23N5O2/c1-4-18(5-2)15(22)13-10-14(17-11-16-13)20-8-6-19(7-9-20)12(3)21/h10-11H,4-9H2,1-3H3. The summed E-state index contributed by atoms with van der Waals surface area (Å²) in [5.74, 6) is 0.768. The first-order valence-corrected chi connectivity index (χ1v) is 7.68. The fourth-order valence-electron chi connectivity index (χ4n) is 2.56. The third kappa shape index (κ3) is 3.52. The molecule has 1 saturated heterocycles. The minimum atomic E-state index is -0.0731. The van der Waals surface area contributed by atoms with E-state index in [1.807, 2.05) is 18.7 Å². The van der Waals surface area contributed by atoms with Gasteiger partial charge in [0.2, 0.25) is 5.91 Å². The fraction of sp³-hybridized carbons (Fsp3) is 0.600. The molecule has 0 radical (unpaired) electrons. The van der Waals surface area contributed by atoms with E-state index in [-0.39, 0.29) is 11.8 Å². The molecule has 22 heavy (non-hydrogen) atoms. The smallest absolute Gasteiger partial charge is 0.272 e. The van der Waals surface area contributed by atoms with E-state index in [4.69, 9.17) is 0 Å². The summed E-state index contributed by atoms with van der Waals surface area (Å²) in [5.41, 5.74) is 0.419. The minimum Gasteiger partial charge on any atom is -0.353 e. The van der Waals surface area contributed by atoms with E-state index in [1.165, 1.54) is 6.33 Å². The third-order valence-electron chi connectivity index (χ3n) is 3.97. The van der Waals surface area contributed by atoms with Crippen molar-refractivity contribution in [1.29, 1.82) is 0 Å². The molecule has 2 rings (SSSR count). The number of carbonyl (C=O) groups is 2. The summed E-state index contributed by atoms with van der Waals surface area (Å²) in [5, 5.41) is 0.